The van der Waals surface area contributed by atoms with Crippen LogP contribution in [0.1, 0.15) is 23.2 Å². The monoisotopic (exact) mass is 390 g/mol. The topological polar surface area (TPSA) is 122 Å². The van der Waals surface area contributed by atoms with Crippen molar-refractivity contribution < 1.29 is 18.0 Å². The van der Waals surface area contributed by atoms with E-state index in [2.05, 4.69) is 10.6 Å². The Hall–Kier alpha value is -1.68. The first-order chi connectivity index (χ1) is 11.4. The Morgan fingerprint density at radius 1 is 1.24 bits per heavy atom. The summed E-state index contributed by atoms with van der Waals surface area (Å²) >= 11 is 0. The number of nitrogens with one attached hydrogen (secondary N) is 2. The van der Waals surface area contributed by atoms with E-state index in [0.717, 1.165) is 0 Å². The number of para-hydroxylation sites is 1. The first-order valence-corrected chi connectivity index (χ1v) is 9.40. The molecule has 2 rings (SSSR count). The van der Waals surface area contributed by atoms with E-state index in [0.29, 0.717) is 37.3 Å². The highest BCUT2D eigenvalue weighted by Gasteiger charge is 2.28. The fourth-order valence-electron chi connectivity index (χ4n) is 2.45. The Kier molecular flexibility index (Phi) is 8.30. The van der Waals surface area contributed by atoms with Gasteiger partial charge < -0.3 is 16.4 Å². The summed E-state index contributed by atoms with van der Waals surface area (Å²) in [5, 5.41) is 5.31. The molecule has 0 radical (unpaired) electrons. The molecule has 0 aromatic heterocycles. The summed E-state index contributed by atoms with van der Waals surface area (Å²) < 4.78 is 24.7. The minimum Gasteiger partial charge on any atom is -0.351 e. The molecule has 1 saturated heterocycles. The van der Waals surface area contributed by atoms with Crippen LogP contribution in [-0.2, 0) is 14.8 Å². The van der Waals surface area contributed by atoms with Crippen molar-refractivity contribution in [2.75, 3.05) is 37.2 Å². The van der Waals surface area contributed by atoms with Crippen molar-refractivity contribution >= 4 is 39.9 Å². The number of rotatable bonds is 7. The van der Waals surface area contributed by atoms with Gasteiger partial charge in [-0.2, -0.15) is 0 Å². The standard InChI is InChI=1S/C15H22N4O4S.ClH/c16-7-8-17-15(21)12-4-1-2-5-13(12)18-14(20)6-10-19-9-3-11-24(19,22)23;/h1-2,4-5H,3,6-11,16H2,(H,17,21)(H,18,20);1H. The largest absolute Gasteiger partial charge is 0.351 e. The van der Waals surface area contributed by atoms with Crippen LogP contribution in [0, 0.1) is 0 Å². The molecule has 0 bridgehead atoms. The third-order valence-corrected chi connectivity index (χ3v) is 5.62. The zero-order valence-corrected chi connectivity index (χ0v) is 15.4. The second kappa shape index (κ2) is 9.71. The smallest absolute Gasteiger partial charge is 0.253 e. The van der Waals surface area contributed by atoms with Crippen LogP contribution < -0.4 is 16.4 Å². The molecule has 4 N–H and O–H groups in total. The number of amides is 2. The van der Waals surface area contributed by atoms with Crippen LogP contribution in [0.25, 0.3) is 0 Å². The number of benzene rings is 1. The number of halogens is 1. The average molecular weight is 391 g/mol. The van der Waals surface area contributed by atoms with Gasteiger partial charge >= 0.3 is 0 Å². The Labute approximate surface area is 153 Å². The zero-order valence-electron chi connectivity index (χ0n) is 13.7. The molecule has 0 saturated carbocycles. The molecule has 0 unspecified atom stereocenters. The van der Waals surface area contributed by atoms with Crippen molar-refractivity contribution in [2.24, 2.45) is 5.73 Å². The van der Waals surface area contributed by atoms with Gasteiger partial charge in [0.2, 0.25) is 15.9 Å². The predicted molar refractivity (Wildman–Crippen MR) is 98.3 cm³/mol. The molecule has 0 spiro atoms. The lowest BCUT2D eigenvalue weighted by molar-refractivity contribution is -0.116. The fourth-order valence-corrected chi connectivity index (χ4v) is 3.98. The third-order valence-electron chi connectivity index (χ3n) is 3.67. The molecule has 140 valence electrons. The quantitative estimate of drug-likeness (QED) is 0.612. The zero-order chi connectivity index (χ0) is 17.6. The van der Waals surface area contributed by atoms with Crippen LogP contribution in [-0.4, -0.2) is 56.5 Å². The minimum atomic E-state index is -3.21. The molecular weight excluding hydrogens is 368 g/mol. The van der Waals surface area contributed by atoms with Gasteiger partial charge in [0, 0.05) is 32.6 Å². The lowest BCUT2D eigenvalue weighted by atomic mass is 10.1. The molecule has 1 heterocycles. The molecule has 25 heavy (non-hydrogen) atoms. The maximum atomic E-state index is 12.1. The number of sulfonamides is 1. The predicted octanol–water partition coefficient (Wildman–Crippen LogP) is 0.161. The van der Waals surface area contributed by atoms with Crippen molar-refractivity contribution in [2.45, 2.75) is 12.8 Å². The summed E-state index contributed by atoms with van der Waals surface area (Å²) in [5.41, 5.74) is 6.09. The molecule has 1 fully saturated rings. The first kappa shape index (κ1) is 21.4. The second-order valence-corrected chi connectivity index (χ2v) is 7.55. The molecule has 1 aromatic rings. The third kappa shape index (κ3) is 5.96. The summed E-state index contributed by atoms with van der Waals surface area (Å²) in [6.07, 6.45) is 0.631. The van der Waals surface area contributed by atoms with E-state index in [1.807, 2.05) is 0 Å². The van der Waals surface area contributed by atoms with E-state index in [1.54, 1.807) is 24.3 Å². The van der Waals surface area contributed by atoms with E-state index >= 15 is 0 Å². The van der Waals surface area contributed by atoms with Crippen LogP contribution in [0.3, 0.4) is 0 Å². The summed E-state index contributed by atoms with van der Waals surface area (Å²) in [6.45, 7) is 1.27. The van der Waals surface area contributed by atoms with E-state index < -0.39 is 10.0 Å². The van der Waals surface area contributed by atoms with Crippen molar-refractivity contribution in [1.82, 2.24) is 9.62 Å². The average Bonchev–Trinajstić information content (AvgIpc) is 2.89. The van der Waals surface area contributed by atoms with Gasteiger partial charge in [0.1, 0.15) is 0 Å². The highest BCUT2D eigenvalue weighted by molar-refractivity contribution is 7.89. The molecule has 10 heteroatoms. The number of hydrogen-bond donors (Lipinski definition) is 3. The van der Waals surface area contributed by atoms with E-state index in [-0.39, 0.29) is 42.9 Å². The van der Waals surface area contributed by atoms with Crippen molar-refractivity contribution in [1.29, 1.82) is 0 Å². The van der Waals surface area contributed by atoms with Crippen LogP contribution in [0.4, 0.5) is 5.69 Å². The minimum absolute atomic E-state index is 0. The number of nitrogens with two attached hydrogens (primary N) is 1. The van der Waals surface area contributed by atoms with Gasteiger partial charge in [0.05, 0.1) is 17.0 Å². The van der Waals surface area contributed by atoms with Gasteiger partial charge in [-0.25, -0.2) is 12.7 Å². The van der Waals surface area contributed by atoms with E-state index in [9.17, 15) is 18.0 Å². The van der Waals surface area contributed by atoms with Crippen molar-refractivity contribution in [3.63, 3.8) is 0 Å². The molecule has 8 nitrogen and oxygen atoms in total. The Morgan fingerprint density at radius 3 is 2.60 bits per heavy atom. The van der Waals surface area contributed by atoms with Gasteiger partial charge in [-0.3, -0.25) is 9.59 Å². The molecule has 0 atom stereocenters. The molecule has 0 aliphatic carbocycles. The summed E-state index contributed by atoms with van der Waals surface area (Å²) in [5.74, 6) is -0.520. The highest BCUT2D eigenvalue weighted by atomic mass is 35.5. The molecule has 2 amide bonds. The number of carbonyl (C=O) groups excluding carboxylic acids is 2. The Bertz CT molecular complexity index is 711. The molecular formula is C15H23ClN4O4S. The fraction of sp³-hybridized carbons (Fsp3) is 0.467. The Morgan fingerprint density at radius 2 is 1.96 bits per heavy atom. The lowest BCUT2D eigenvalue weighted by Gasteiger charge is -2.15. The van der Waals surface area contributed by atoms with Gasteiger partial charge in [0.25, 0.3) is 5.91 Å². The van der Waals surface area contributed by atoms with Crippen molar-refractivity contribution in [3.05, 3.63) is 29.8 Å². The SMILES string of the molecule is Cl.NCCNC(=O)c1ccccc1NC(=O)CCN1CCCS1(=O)=O. The number of anilines is 1. The van der Waals surface area contributed by atoms with Crippen LogP contribution in [0.5, 0.6) is 0 Å². The summed E-state index contributed by atoms with van der Waals surface area (Å²) in [6, 6.07) is 6.64. The molecule has 1 aliphatic heterocycles. The van der Waals surface area contributed by atoms with E-state index in [1.165, 1.54) is 4.31 Å². The van der Waals surface area contributed by atoms with E-state index in [4.69, 9.17) is 5.73 Å². The van der Waals surface area contributed by atoms with Crippen LogP contribution in [0.2, 0.25) is 0 Å². The van der Waals surface area contributed by atoms with Gasteiger partial charge in [-0.05, 0) is 18.6 Å². The summed E-state index contributed by atoms with van der Waals surface area (Å²) in [7, 11) is -3.21. The second-order valence-electron chi connectivity index (χ2n) is 5.46. The maximum absolute atomic E-state index is 12.1. The summed E-state index contributed by atoms with van der Waals surface area (Å²) in [4.78, 5) is 24.1. The Balaban J connectivity index is 0.00000312. The maximum Gasteiger partial charge on any atom is 0.253 e. The van der Waals surface area contributed by atoms with Gasteiger partial charge in [-0.15, -0.1) is 12.4 Å². The van der Waals surface area contributed by atoms with Crippen molar-refractivity contribution in [3.8, 4) is 0 Å². The van der Waals surface area contributed by atoms with Crippen LogP contribution >= 0.6 is 12.4 Å². The van der Waals surface area contributed by atoms with Gasteiger partial charge in [-0.1, -0.05) is 12.1 Å². The normalized spacial score (nSPS) is 16.0. The number of carbonyl (C=O) groups is 2. The molecule has 1 aromatic carbocycles. The van der Waals surface area contributed by atoms with Gasteiger partial charge in [0.15, 0.2) is 0 Å². The lowest BCUT2D eigenvalue weighted by Crippen LogP contribution is -2.31. The van der Waals surface area contributed by atoms with Crippen LogP contribution in [0.15, 0.2) is 24.3 Å². The number of nitrogens with zero attached hydrogens (tertiary/aromatic N) is 1. The highest BCUT2D eigenvalue weighted by Crippen LogP contribution is 2.16. The number of hydrogen-bond acceptors (Lipinski definition) is 5. The molecule has 1 aliphatic rings. The first-order valence-electron chi connectivity index (χ1n) is 7.79.